The Kier molecular flexibility index (Phi) is 4.76. The fourth-order valence-electron chi connectivity index (χ4n) is 3.48. The summed E-state index contributed by atoms with van der Waals surface area (Å²) in [7, 11) is 0. The van der Waals surface area contributed by atoms with E-state index >= 15 is 0 Å². The highest BCUT2D eigenvalue weighted by Gasteiger charge is 2.21. The third-order valence-corrected chi connectivity index (χ3v) is 4.71. The molecule has 2 N–H and O–H groups in total. The van der Waals surface area contributed by atoms with Gasteiger partial charge in [-0.1, -0.05) is 26.2 Å². The highest BCUT2D eigenvalue weighted by Crippen LogP contribution is 2.33. The normalized spacial score (nSPS) is 15.6. The van der Waals surface area contributed by atoms with E-state index in [9.17, 15) is 4.79 Å². The minimum atomic E-state index is -0.494. The molecule has 5 nitrogen and oxygen atoms in total. The lowest BCUT2D eigenvalue weighted by Gasteiger charge is -2.22. The average molecular weight is 313 g/mol. The van der Waals surface area contributed by atoms with Gasteiger partial charge in [0, 0.05) is 24.0 Å². The summed E-state index contributed by atoms with van der Waals surface area (Å²) in [6.07, 6.45) is 10.9. The molecular formula is C18H23N3O2. The second-order valence-electron chi connectivity index (χ2n) is 6.09. The molecule has 23 heavy (non-hydrogen) atoms. The van der Waals surface area contributed by atoms with Crippen molar-refractivity contribution in [2.45, 2.75) is 51.4 Å². The van der Waals surface area contributed by atoms with Crippen LogP contribution in [0.3, 0.4) is 0 Å². The molecule has 1 aliphatic rings. The van der Waals surface area contributed by atoms with E-state index in [1.54, 1.807) is 6.07 Å². The van der Waals surface area contributed by atoms with Crippen LogP contribution >= 0.6 is 0 Å². The molecule has 1 aromatic heterocycles. The first-order valence-electron chi connectivity index (χ1n) is 8.32. The summed E-state index contributed by atoms with van der Waals surface area (Å²) in [6.45, 7) is 2.02. The second kappa shape index (κ2) is 6.96. The van der Waals surface area contributed by atoms with Crippen molar-refractivity contribution in [1.82, 2.24) is 9.55 Å². The molecule has 5 heteroatoms. The number of aromatic nitrogens is 2. The van der Waals surface area contributed by atoms with Crippen molar-refractivity contribution in [3.8, 4) is 5.69 Å². The van der Waals surface area contributed by atoms with E-state index in [1.807, 2.05) is 31.5 Å². The van der Waals surface area contributed by atoms with E-state index in [0.29, 0.717) is 11.5 Å². The Labute approximate surface area is 136 Å². The highest BCUT2D eigenvalue weighted by atomic mass is 16.7. The zero-order chi connectivity index (χ0) is 16.2. The first-order valence-corrected chi connectivity index (χ1v) is 8.32. The van der Waals surface area contributed by atoms with Gasteiger partial charge in [0.25, 0.3) is 0 Å². The number of nitrogens with two attached hydrogens (primary N) is 1. The summed E-state index contributed by atoms with van der Waals surface area (Å²) >= 11 is 0. The van der Waals surface area contributed by atoms with Gasteiger partial charge in [-0.3, -0.25) is 0 Å². The Balaban J connectivity index is 1.96. The molecule has 2 aromatic rings. The molecule has 0 saturated heterocycles. The fraction of sp³-hybridized carbons (Fsp3) is 0.444. The molecule has 1 fully saturated rings. The highest BCUT2D eigenvalue weighted by molar-refractivity contribution is 5.91. The topological polar surface area (TPSA) is 70.1 Å². The molecule has 0 atom stereocenters. The van der Waals surface area contributed by atoms with E-state index in [1.165, 1.54) is 32.1 Å². The SMILES string of the molecule is CCc1cc(-n2ccnc2C2CCCCC2)ccc1C(=O)ON. The smallest absolute Gasteiger partial charge is 0.356 e. The van der Waals surface area contributed by atoms with Crippen molar-refractivity contribution >= 4 is 5.97 Å². The van der Waals surface area contributed by atoms with Gasteiger partial charge < -0.3 is 9.40 Å². The number of carbonyl (C=O) groups is 1. The average Bonchev–Trinajstić information content (AvgIpc) is 3.11. The van der Waals surface area contributed by atoms with Crippen LogP contribution in [0.25, 0.3) is 5.69 Å². The Hall–Kier alpha value is -2.14. The maximum atomic E-state index is 11.7. The number of rotatable bonds is 4. The molecule has 0 bridgehead atoms. The van der Waals surface area contributed by atoms with Gasteiger partial charge in [-0.05, 0) is 43.0 Å². The van der Waals surface area contributed by atoms with Crippen molar-refractivity contribution in [3.05, 3.63) is 47.5 Å². The zero-order valence-electron chi connectivity index (χ0n) is 13.5. The van der Waals surface area contributed by atoms with Crippen molar-refractivity contribution < 1.29 is 9.63 Å². The van der Waals surface area contributed by atoms with Gasteiger partial charge in [-0.15, -0.1) is 0 Å². The van der Waals surface area contributed by atoms with Crippen molar-refractivity contribution in [2.24, 2.45) is 5.90 Å². The Morgan fingerprint density at radius 2 is 2.13 bits per heavy atom. The van der Waals surface area contributed by atoms with Crippen LogP contribution in [0, 0.1) is 0 Å². The van der Waals surface area contributed by atoms with Crippen molar-refractivity contribution in [3.63, 3.8) is 0 Å². The Morgan fingerprint density at radius 1 is 1.35 bits per heavy atom. The van der Waals surface area contributed by atoms with Crippen LogP contribution in [0.2, 0.25) is 0 Å². The number of benzene rings is 1. The van der Waals surface area contributed by atoms with E-state index in [2.05, 4.69) is 14.4 Å². The van der Waals surface area contributed by atoms with Gasteiger partial charge in [0.2, 0.25) is 0 Å². The molecule has 1 aromatic carbocycles. The molecule has 0 aliphatic heterocycles. The first kappa shape index (κ1) is 15.7. The van der Waals surface area contributed by atoms with Gasteiger partial charge in [-0.2, -0.15) is 5.90 Å². The van der Waals surface area contributed by atoms with E-state index in [0.717, 1.165) is 23.5 Å². The third kappa shape index (κ3) is 3.15. The fourth-order valence-corrected chi connectivity index (χ4v) is 3.48. The van der Waals surface area contributed by atoms with E-state index < -0.39 is 5.97 Å². The summed E-state index contributed by atoms with van der Waals surface area (Å²) in [5.74, 6) is 6.17. The largest absolute Gasteiger partial charge is 0.370 e. The molecule has 122 valence electrons. The number of carbonyl (C=O) groups excluding carboxylic acids is 1. The second-order valence-corrected chi connectivity index (χ2v) is 6.09. The minimum absolute atomic E-state index is 0.494. The Morgan fingerprint density at radius 3 is 2.83 bits per heavy atom. The van der Waals surface area contributed by atoms with Crippen LogP contribution in [-0.4, -0.2) is 15.5 Å². The quantitative estimate of drug-likeness (QED) is 0.877. The maximum absolute atomic E-state index is 11.7. The number of hydrogen-bond donors (Lipinski definition) is 1. The van der Waals surface area contributed by atoms with Gasteiger partial charge in [0.05, 0.1) is 5.56 Å². The molecule has 0 unspecified atom stereocenters. The summed E-state index contributed by atoms with van der Waals surface area (Å²) in [4.78, 5) is 20.7. The molecular weight excluding hydrogens is 290 g/mol. The lowest BCUT2D eigenvalue weighted by molar-refractivity contribution is 0.0502. The predicted octanol–water partition coefficient (Wildman–Crippen LogP) is 3.51. The van der Waals surface area contributed by atoms with Crippen LogP contribution < -0.4 is 5.90 Å². The molecule has 1 heterocycles. The number of nitrogens with zero attached hydrogens (tertiary/aromatic N) is 2. The molecule has 0 amide bonds. The summed E-state index contributed by atoms with van der Waals surface area (Å²) in [5.41, 5.74) is 2.49. The van der Waals surface area contributed by atoms with Crippen LogP contribution in [0.5, 0.6) is 0 Å². The summed E-state index contributed by atoms with van der Waals surface area (Å²) in [6, 6.07) is 5.74. The number of hydrogen-bond acceptors (Lipinski definition) is 4. The third-order valence-electron chi connectivity index (χ3n) is 4.71. The predicted molar refractivity (Wildman–Crippen MR) is 88.4 cm³/mol. The van der Waals surface area contributed by atoms with Crippen molar-refractivity contribution in [2.75, 3.05) is 0 Å². The lowest BCUT2D eigenvalue weighted by atomic mass is 9.88. The van der Waals surface area contributed by atoms with Crippen LogP contribution in [0.15, 0.2) is 30.6 Å². The summed E-state index contributed by atoms with van der Waals surface area (Å²) in [5, 5.41) is 0. The standard InChI is InChI=1S/C18H23N3O2/c1-2-13-12-15(8-9-16(13)18(22)23-19)21-11-10-20-17(21)14-6-4-3-5-7-14/h8-12,14H,2-7,19H2,1H3. The van der Waals surface area contributed by atoms with Gasteiger partial charge in [0.15, 0.2) is 0 Å². The molecule has 0 radical (unpaired) electrons. The van der Waals surface area contributed by atoms with Gasteiger partial charge >= 0.3 is 5.97 Å². The zero-order valence-corrected chi connectivity index (χ0v) is 13.5. The van der Waals surface area contributed by atoms with Crippen molar-refractivity contribution in [1.29, 1.82) is 0 Å². The number of imidazole rings is 1. The molecule has 1 saturated carbocycles. The minimum Gasteiger partial charge on any atom is -0.370 e. The van der Waals surface area contributed by atoms with Gasteiger partial charge in [-0.25, -0.2) is 9.78 Å². The monoisotopic (exact) mass is 313 g/mol. The van der Waals surface area contributed by atoms with Crippen LogP contribution in [0.4, 0.5) is 0 Å². The van der Waals surface area contributed by atoms with E-state index in [-0.39, 0.29) is 0 Å². The summed E-state index contributed by atoms with van der Waals surface area (Å²) < 4.78 is 2.15. The maximum Gasteiger partial charge on any atom is 0.356 e. The van der Waals surface area contributed by atoms with E-state index in [4.69, 9.17) is 5.90 Å². The lowest BCUT2D eigenvalue weighted by Crippen LogP contribution is -2.14. The Bertz CT molecular complexity index is 687. The van der Waals surface area contributed by atoms with Crippen LogP contribution in [0.1, 0.15) is 66.7 Å². The first-order chi connectivity index (χ1) is 11.2. The van der Waals surface area contributed by atoms with Gasteiger partial charge in [0.1, 0.15) is 5.82 Å². The molecule has 1 aliphatic carbocycles. The molecule has 3 rings (SSSR count). The van der Waals surface area contributed by atoms with Crippen LogP contribution in [-0.2, 0) is 11.3 Å². The molecule has 0 spiro atoms. The number of aryl methyl sites for hydroxylation is 1.